The van der Waals surface area contributed by atoms with Crippen LogP contribution in [-0.2, 0) is 24.6 Å². The quantitative estimate of drug-likeness (QED) is 0.410. The van der Waals surface area contributed by atoms with Crippen molar-refractivity contribution in [2.24, 2.45) is 0 Å². The van der Waals surface area contributed by atoms with Crippen LogP contribution in [0.4, 0.5) is 4.39 Å². The van der Waals surface area contributed by atoms with E-state index in [9.17, 15) is 15.0 Å². The first kappa shape index (κ1) is 24.0. The van der Waals surface area contributed by atoms with Crippen molar-refractivity contribution in [3.63, 3.8) is 0 Å². The number of ether oxygens (including phenoxy) is 3. The van der Waals surface area contributed by atoms with Crippen molar-refractivity contribution >= 4 is 5.97 Å². The summed E-state index contributed by atoms with van der Waals surface area (Å²) in [5, 5.41) is 20.2. The molecule has 1 aliphatic heterocycles. The van der Waals surface area contributed by atoms with Crippen molar-refractivity contribution < 1.29 is 33.6 Å². The minimum absolute atomic E-state index is 0.290. The van der Waals surface area contributed by atoms with Crippen LogP contribution in [0, 0.1) is 0 Å². The van der Waals surface area contributed by atoms with Gasteiger partial charge in [0.25, 0.3) is 0 Å². The Bertz CT molecular complexity index is 966. The van der Waals surface area contributed by atoms with Gasteiger partial charge in [0.1, 0.15) is 17.8 Å². The highest BCUT2D eigenvalue weighted by molar-refractivity contribution is 5.66. The molecule has 1 saturated heterocycles. The van der Waals surface area contributed by atoms with Crippen molar-refractivity contribution in [1.82, 2.24) is 0 Å². The van der Waals surface area contributed by atoms with Gasteiger partial charge in [0.15, 0.2) is 18.6 Å². The predicted octanol–water partition coefficient (Wildman–Crippen LogP) is 3.34. The average Bonchev–Trinajstić information content (AvgIpc) is 2.87. The fourth-order valence-corrected chi connectivity index (χ4v) is 4.33. The molecule has 0 radical (unpaired) electrons. The third kappa shape index (κ3) is 4.74. The highest BCUT2D eigenvalue weighted by Gasteiger charge is 2.49. The molecule has 2 N–H and O–H groups in total. The van der Waals surface area contributed by atoms with Gasteiger partial charge in [-0.25, -0.2) is 4.39 Å². The molecule has 34 heavy (non-hydrogen) atoms. The van der Waals surface area contributed by atoms with Gasteiger partial charge in [0.2, 0.25) is 0 Å². The summed E-state index contributed by atoms with van der Waals surface area (Å²) in [6.07, 6.45) is -8.23. The molecule has 4 rings (SSSR count). The minimum atomic E-state index is -1.91. The molecule has 1 aliphatic rings. The van der Waals surface area contributed by atoms with Gasteiger partial charge < -0.3 is 24.4 Å². The Balaban J connectivity index is 1.74. The van der Waals surface area contributed by atoms with Gasteiger partial charge in [-0.3, -0.25) is 4.79 Å². The Morgan fingerprint density at radius 3 is 1.74 bits per heavy atom. The molecule has 0 aromatic heterocycles. The van der Waals surface area contributed by atoms with E-state index in [4.69, 9.17) is 14.2 Å². The molecule has 0 aliphatic carbocycles. The number of hydrogen-bond donors (Lipinski definition) is 2. The highest BCUT2D eigenvalue weighted by atomic mass is 19.1. The van der Waals surface area contributed by atoms with Gasteiger partial charge in [-0.1, -0.05) is 91.0 Å². The van der Waals surface area contributed by atoms with E-state index in [1.807, 2.05) is 91.0 Å². The van der Waals surface area contributed by atoms with Gasteiger partial charge in [-0.15, -0.1) is 0 Å². The van der Waals surface area contributed by atoms with E-state index in [0.29, 0.717) is 0 Å². The third-order valence-corrected chi connectivity index (χ3v) is 5.92. The second-order valence-corrected chi connectivity index (χ2v) is 8.16. The highest BCUT2D eigenvalue weighted by Crippen LogP contribution is 2.41. The molecular weight excluding hydrogens is 439 g/mol. The molecule has 1 heterocycles. The summed E-state index contributed by atoms with van der Waals surface area (Å²) < 4.78 is 32.1. The van der Waals surface area contributed by atoms with Gasteiger partial charge in [0.05, 0.1) is 6.61 Å². The fraction of sp³-hybridized carbons (Fsp3) is 0.296. The zero-order valence-corrected chi connectivity index (χ0v) is 18.7. The molecule has 0 saturated carbocycles. The summed E-state index contributed by atoms with van der Waals surface area (Å²) >= 11 is 0. The molecule has 6 nitrogen and oxygen atoms in total. The van der Waals surface area contributed by atoms with E-state index in [1.54, 1.807) is 0 Å². The zero-order chi connectivity index (χ0) is 24.1. The largest absolute Gasteiger partial charge is 0.456 e. The Labute approximate surface area is 197 Å². The Kier molecular flexibility index (Phi) is 7.38. The molecule has 0 spiro atoms. The number of aliphatic hydroxyl groups is 2. The first-order valence-corrected chi connectivity index (χ1v) is 11.1. The summed E-state index contributed by atoms with van der Waals surface area (Å²) in [7, 11) is 0. The van der Waals surface area contributed by atoms with E-state index >= 15 is 4.39 Å². The van der Waals surface area contributed by atoms with Gasteiger partial charge in [-0.05, 0) is 16.7 Å². The van der Waals surface area contributed by atoms with Crippen molar-refractivity contribution in [3.8, 4) is 0 Å². The molecule has 3 aromatic rings. The minimum Gasteiger partial charge on any atom is -0.456 e. The standard InChI is InChI=1S/C27H27FO6/c1-18(29)33-25-23(28)22(34-26(31)24(25)30)17-32-27(19-11-5-2-6-12-19,20-13-7-3-8-14-20)21-15-9-4-10-16-21/h2-16,22-26,30-31H,17H2,1H3/t22-,23+,24+,25-,26+/m1/s1. The van der Waals surface area contributed by atoms with Crippen LogP contribution in [0.1, 0.15) is 23.6 Å². The summed E-state index contributed by atoms with van der Waals surface area (Å²) in [5.74, 6) is -0.771. The lowest BCUT2D eigenvalue weighted by Gasteiger charge is -2.41. The number of halogens is 1. The van der Waals surface area contributed by atoms with E-state index < -0.39 is 42.3 Å². The summed E-state index contributed by atoms with van der Waals surface area (Å²) in [5.41, 5.74) is 1.33. The van der Waals surface area contributed by atoms with E-state index in [2.05, 4.69) is 0 Å². The molecule has 7 heteroatoms. The number of rotatable bonds is 7. The molecule has 0 bridgehead atoms. The van der Waals surface area contributed by atoms with Crippen LogP contribution in [0.25, 0.3) is 0 Å². The summed E-state index contributed by atoms with van der Waals surface area (Å²) in [4.78, 5) is 11.4. The molecule has 0 unspecified atom stereocenters. The maximum absolute atomic E-state index is 15.3. The number of benzene rings is 3. The van der Waals surface area contributed by atoms with Crippen LogP contribution in [0.15, 0.2) is 91.0 Å². The van der Waals surface area contributed by atoms with Crippen LogP contribution in [0.2, 0.25) is 0 Å². The van der Waals surface area contributed by atoms with Crippen LogP contribution in [0.5, 0.6) is 0 Å². The summed E-state index contributed by atoms with van der Waals surface area (Å²) in [6.45, 7) is 0.819. The maximum Gasteiger partial charge on any atom is 0.303 e. The predicted molar refractivity (Wildman–Crippen MR) is 122 cm³/mol. The van der Waals surface area contributed by atoms with Crippen molar-refractivity contribution in [3.05, 3.63) is 108 Å². The van der Waals surface area contributed by atoms with E-state index in [0.717, 1.165) is 23.6 Å². The molecule has 5 atom stereocenters. The van der Waals surface area contributed by atoms with Crippen LogP contribution in [-0.4, -0.2) is 53.6 Å². The number of carbonyl (C=O) groups excluding carboxylic acids is 1. The van der Waals surface area contributed by atoms with Crippen molar-refractivity contribution in [1.29, 1.82) is 0 Å². The lowest BCUT2D eigenvalue weighted by molar-refractivity contribution is -0.283. The number of alkyl halides is 1. The lowest BCUT2D eigenvalue weighted by Crippen LogP contribution is -2.58. The average molecular weight is 467 g/mol. The number of hydrogen-bond acceptors (Lipinski definition) is 6. The monoisotopic (exact) mass is 466 g/mol. The van der Waals surface area contributed by atoms with E-state index in [-0.39, 0.29) is 6.61 Å². The Hall–Kier alpha value is -3.10. The number of aliphatic hydroxyl groups excluding tert-OH is 2. The topological polar surface area (TPSA) is 85.2 Å². The smallest absolute Gasteiger partial charge is 0.303 e. The van der Waals surface area contributed by atoms with Crippen LogP contribution in [0.3, 0.4) is 0 Å². The van der Waals surface area contributed by atoms with Gasteiger partial charge in [-0.2, -0.15) is 0 Å². The molecule has 3 aromatic carbocycles. The first-order valence-electron chi connectivity index (χ1n) is 11.1. The lowest BCUT2D eigenvalue weighted by atomic mass is 9.80. The van der Waals surface area contributed by atoms with E-state index in [1.165, 1.54) is 0 Å². The SMILES string of the molecule is CC(=O)O[C@H]1[C@H](O)[C@@H](O)O[C@H](COC(c2ccccc2)(c2ccccc2)c2ccccc2)[C@@H]1F. The third-order valence-electron chi connectivity index (χ3n) is 5.92. The fourth-order valence-electron chi connectivity index (χ4n) is 4.33. The van der Waals surface area contributed by atoms with Crippen molar-refractivity contribution in [2.45, 2.75) is 43.3 Å². The van der Waals surface area contributed by atoms with Crippen molar-refractivity contribution in [2.75, 3.05) is 6.61 Å². The van der Waals surface area contributed by atoms with Gasteiger partial charge in [0, 0.05) is 6.92 Å². The first-order chi connectivity index (χ1) is 16.4. The normalized spacial score (nSPS) is 25.0. The van der Waals surface area contributed by atoms with Crippen LogP contribution >= 0.6 is 0 Å². The zero-order valence-electron chi connectivity index (χ0n) is 18.7. The second kappa shape index (κ2) is 10.4. The maximum atomic E-state index is 15.3. The Morgan fingerprint density at radius 2 is 1.32 bits per heavy atom. The number of carbonyl (C=O) groups is 1. The van der Waals surface area contributed by atoms with Gasteiger partial charge >= 0.3 is 5.97 Å². The molecule has 1 fully saturated rings. The molecule has 0 amide bonds. The number of esters is 1. The molecule has 178 valence electrons. The second-order valence-electron chi connectivity index (χ2n) is 8.16. The summed E-state index contributed by atoms with van der Waals surface area (Å²) in [6, 6.07) is 28.6. The molecular formula is C27H27FO6. The Morgan fingerprint density at radius 1 is 0.882 bits per heavy atom. The van der Waals surface area contributed by atoms with Crippen LogP contribution < -0.4 is 0 Å².